The van der Waals surface area contributed by atoms with Gasteiger partial charge in [-0.2, -0.15) is 0 Å². The van der Waals surface area contributed by atoms with E-state index in [9.17, 15) is 0 Å². The molecule has 0 radical (unpaired) electrons. The van der Waals surface area contributed by atoms with E-state index in [1.807, 2.05) is 0 Å². The van der Waals surface area contributed by atoms with Crippen LogP contribution in [0.25, 0.3) is 0 Å². The van der Waals surface area contributed by atoms with Crippen LogP contribution in [-0.2, 0) is 4.74 Å². The summed E-state index contributed by atoms with van der Waals surface area (Å²) in [5, 5.41) is 0. The third kappa shape index (κ3) is 2.36. The van der Waals surface area contributed by atoms with Gasteiger partial charge in [0.2, 0.25) is 0 Å². The summed E-state index contributed by atoms with van der Waals surface area (Å²) in [7, 11) is 0. The molecule has 88 valence electrons. The number of hydrogen-bond acceptors (Lipinski definition) is 3. The smallest absolute Gasteiger partial charge is 0.0670 e. The highest BCUT2D eigenvalue weighted by atomic mass is 16.5. The number of hydrogen-bond donors (Lipinski definition) is 1. The monoisotopic (exact) mass is 220 g/mol. The first kappa shape index (κ1) is 11.4. The highest BCUT2D eigenvalue weighted by Gasteiger charge is 2.23. The van der Waals surface area contributed by atoms with Crippen LogP contribution in [0.4, 0.5) is 5.69 Å². The maximum Gasteiger partial charge on any atom is 0.0670 e. The molecule has 2 N–H and O–H groups in total. The molecule has 1 aliphatic rings. The number of rotatable bonds is 4. The van der Waals surface area contributed by atoms with E-state index in [4.69, 9.17) is 10.5 Å². The van der Waals surface area contributed by atoms with E-state index in [0.717, 1.165) is 26.2 Å². The van der Waals surface area contributed by atoms with Crippen LogP contribution in [0.2, 0.25) is 0 Å². The van der Waals surface area contributed by atoms with Crippen molar-refractivity contribution in [2.45, 2.75) is 19.4 Å². The Labute approximate surface area is 97.2 Å². The standard InChI is InChI=1S/C13H20N2O/c1-11-4-2-3-5-13(11)15(8-7-14)12-6-9-16-10-12/h2-5,12H,6-10,14H2,1H3. The Bertz CT molecular complexity index is 334. The van der Waals surface area contributed by atoms with Crippen molar-refractivity contribution in [3.05, 3.63) is 29.8 Å². The lowest BCUT2D eigenvalue weighted by Crippen LogP contribution is -2.39. The molecule has 2 rings (SSSR count). The third-order valence-corrected chi connectivity index (χ3v) is 3.14. The van der Waals surface area contributed by atoms with Crippen LogP contribution in [0.3, 0.4) is 0 Å². The van der Waals surface area contributed by atoms with E-state index in [-0.39, 0.29) is 0 Å². The van der Waals surface area contributed by atoms with Crippen LogP contribution in [0.5, 0.6) is 0 Å². The van der Waals surface area contributed by atoms with Gasteiger partial charge in [-0.1, -0.05) is 18.2 Å². The Morgan fingerprint density at radius 1 is 1.44 bits per heavy atom. The predicted octanol–water partition coefficient (Wildman–Crippen LogP) is 1.55. The van der Waals surface area contributed by atoms with Gasteiger partial charge in [0.1, 0.15) is 0 Å². The molecule has 0 aliphatic carbocycles. The molecular weight excluding hydrogens is 200 g/mol. The lowest BCUT2D eigenvalue weighted by atomic mass is 10.1. The summed E-state index contributed by atoms with van der Waals surface area (Å²) in [5.74, 6) is 0. The molecule has 0 aromatic heterocycles. The summed E-state index contributed by atoms with van der Waals surface area (Å²) in [6, 6.07) is 8.97. The molecule has 16 heavy (non-hydrogen) atoms. The molecule has 1 fully saturated rings. The maximum atomic E-state index is 5.70. The van der Waals surface area contributed by atoms with Crippen molar-refractivity contribution >= 4 is 5.69 Å². The van der Waals surface area contributed by atoms with Crippen molar-refractivity contribution in [1.29, 1.82) is 0 Å². The SMILES string of the molecule is Cc1ccccc1N(CCN)C1CCOC1. The highest BCUT2D eigenvalue weighted by molar-refractivity contribution is 5.54. The zero-order chi connectivity index (χ0) is 11.4. The lowest BCUT2D eigenvalue weighted by molar-refractivity contribution is 0.193. The Morgan fingerprint density at radius 2 is 2.25 bits per heavy atom. The van der Waals surface area contributed by atoms with E-state index in [1.54, 1.807) is 0 Å². The highest BCUT2D eigenvalue weighted by Crippen LogP contribution is 2.24. The van der Waals surface area contributed by atoms with Gasteiger partial charge in [-0.25, -0.2) is 0 Å². The van der Waals surface area contributed by atoms with E-state index in [0.29, 0.717) is 12.6 Å². The second kappa shape index (κ2) is 5.32. The number of nitrogens with two attached hydrogens (primary N) is 1. The second-order valence-corrected chi connectivity index (χ2v) is 4.29. The molecule has 0 amide bonds. The topological polar surface area (TPSA) is 38.5 Å². The van der Waals surface area contributed by atoms with E-state index >= 15 is 0 Å². The fourth-order valence-corrected chi connectivity index (χ4v) is 2.29. The molecule has 1 aromatic carbocycles. The van der Waals surface area contributed by atoms with Crippen LogP contribution in [-0.4, -0.2) is 32.3 Å². The van der Waals surface area contributed by atoms with Gasteiger partial charge in [-0.15, -0.1) is 0 Å². The van der Waals surface area contributed by atoms with Crippen molar-refractivity contribution < 1.29 is 4.74 Å². The van der Waals surface area contributed by atoms with Gasteiger partial charge in [-0.05, 0) is 25.0 Å². The van der Waals surface area contributed by atoms with Crippen molar-refractivity contribution in [2.75, 3.05) is 31.2 Å². The van der Waals surface area contributed by atoms with Gasteiger partial charge < -0.3 is 15.4 Å². The van der Waals surface area contributed by atoms with Gasteiger partial charge in [0.25, 0.3) is 0 Å². The predicted molar refractivity (Wildman–Crippen MR) is 66.8 cm³/mol. The fourth-order valence-electron chi connectivity index (χ4n) is 2.29. The van der Waals surface area contributed by atoms with Crippen LogP contribution in [0.1, 0.15) is 12.0 Å². The zero-order valence-electron chi connectivity index (χ0n) is 9.86. The van der Waals surface area contributed by atoms with Crippen molar-refractivity contribution in [3.63, 3.8) is 0 Å². The molecule has 1 saturated heterocycles. The Balaban J connectivity index is 2.21. The molecule has 3 nitrogen and oxygen atoms in total. The van der Waals surface area contributed by atoms with Crippen LogP contribution >= 0.6 is 0 Å². The Kier molecular flexibility index (Phi) is 3.80. The molecule has 3 heteroatoms. The normalized spacial score (nSPS) is 20.0. The number of para-hydroxylation sites is 1. The first-order chi connectivity index (χ1) is 7.83. The summed E-state index contributed by atoms with van der Waals surface area (Å²) in [6.45, 7) is 5.43. The minimum atomic E-state index is 0.490. The minimum Gasteiger partial charge on any atom is -0.379 e. The van der Waals surface area contributed by atoms with E-state index < -0.39 is 0 Å². The van der Waals surface area contributed by atoms with Crippen molar-refractivity contribution in [1.82, 2.24) is 0 Å². The minimum absolute atomic E-state index is 0.490. The largest absolute Gasteiger partial charge is 0.379 e. The van der Waals surface area contributed by atoms with E-state index in [2.05, 4.69) is 36.1 Å². The second-order valence-electron chi connectivity index (χ2n) is 4.29. The number of anilines is 1. The quantitative estimate of drug-likeness (QED) is 0.836. The molecule has 1 aromatic rings. The molecule has 1 atom stereocenters. The molecule has 1 unspecified atom stereocenters. The summed E-state index contributed by atoms with van der Waals surface area (Å²) in [4.78, 5) is 2.39. The van der Waals surface area contributed by atoms with Crippen molar-refractivity contribution in [3.8, 4) is 0 Å². The summed E-state index contributed by atoms with van der Waals surface area (Å²) in [6.07, 6.45) is 1.11. The lowest BCUT2D eigenvalue weighted by Gasteiger charge is -2.31. The number of ether oxygens (including phenoxy) is 1. The molecule has 1 heterocycles. The van der Waals surface area contributed by atoms with Gasteiger partial charge >= 0.3 is 0 Å². The third-order valence-electron chi connectivity index (χ3n) is 3.14. The van der Waals surface area contributed by atoms with Gasteiger partial charge in [0.15, 0.2) is 0 Å². The van der Waals surface area contributed by atoms with E-state index in [1.165, 1.54) is 11.3 Å². The average molecular weight is 220 g/mol. The number of aryl methyl sites for hydroxylation is 1. The molecule has 0 saturated carbocycles. The molecule has 0 bridgehead atoms. The van der Waals surface area contributed by atoms with Crippen LogP contribution < -0.4 is 10.6 Å². The zero-order valence-corrected chi connectivity index (χ0v) is 9.86. The first-order valence-electron chi connectivity index (χ1n) is 5.93. The van der Waals surface area contributed by atoms with Gasteiger partial charge in [0.05, 0.1) is 12.6 Å². The number of benzene rings is 1. The Morgan fingerprint density at radius 3 is 2.88 bits per heavy atom. The number of nitrogens with zero attached hydrogens (tertiary/aromatic N) is 1. The molecular formula is C13H20N2O. The first-order valence-corrected chi connectivity index (χ1v) is 5.93. The summed E-state index contributed by atoms with van der Waals surface area (Å²) < 4.78 is 5.46. The van der Waals surface area contributed by atoms with Gasteiger partial charge in [-0.3, -0.25) is 0 Å². The Hall–Kier alpha value is -1.06. The summed E-state index contributed by atoms with van der Waals surface area (Å²) >= 11 is 0. The van der Waals surface area contributed by atoms with Crippen molar-refractivity contribution in [2.24, 2.45) is 5.73 Å². The fraction of sp³-hybridized carbons (Fsp3) is 0.538. The van der Waals surface area contributed by atoms with Crippen LogP contribution in [0.15, 0.2) is 24.3 Å². The molecule has 1 aliphatic heterocycles. The molecule has 0 spiro atoms. The maximum absolute atomic E-state index is 5.70. The van der Waals surface area contributed by atoms with Crippen LogP contribution in [0, 0.1) is 6.92 Å². The van der Waals surface area contributed by atoms with Gasteiger partial charge in [0, 0.05) is 25.4 Å². The summed E-state index contributed by atoms with van der Waals surface area (Å²) in [5.41, 5.74) is 8.31. The average Bonchev–Trinajstić information content (AvgIpc) is 2.80.